The molecule has 0 aromatic heterocycles. The molecule has 1 unspecified atom stereocenters. The molecule has 0 bridgehead atoms. The number of likely N-dealkylation sites (tertiary alicyclic amines) is 1. The molecule has 2 aliphatic rings. The Morgan fingerprint density at radius 2 is 1.96 bits per heavy atom. The maximum Gasteiger partial charge on any atom is 0.223 e. The molecule has 8 heteroatoms. The second kappa shape index (κ2) is 7.67. The Bertz CT molecular complexity index is 806. The van der Waals surface area contributed by atoms with Gasteiger partial charge in [-0.05, 0) is 24.0 Å². The second-order valence-electron chi connectivity index (χ2n) is 7.93. The fraction of sp³-hybridized carbons (Fsp3) is 0.632. The summed E-state index contributed by atoms with van der Waals surface area (Å²) in [6, 6.07) is 4.66. The number of ether oxygens (including phenoxy) is 2. The number of piperidine rings is 1. The minimum atomic E-state index is -3.59. The van der Waals surface area contributed by atoms with E-state index in [2.05, 4.69) is 0 Å². The predicted molar refractivity (Wildman–Crippen MR) is 102 cm³/mol. The minimum Gasteiger partial charge on any atom is -0.490 e. The Hall–Kier alpha value is -1.80. The van der Waals surface area contributed by atoms with Gasteiger partial charge in [0.15, 0.2) is 21.3 Å². The topological polar surface area (TPSA) is 98.9 Å². The van der Waals surface area contributed by atoms with Crippen molar-refractivity contribution >= 4 is 15.7 Å². The van der Waals surface area contributed by atoms with E-state index in [4.69, 9.17) is 15.2 Å². The molecule has 1 fully saturated rings. The van der Waals surface area contributed by atoms with E-state index >= 15 is 0 Å². The zero-order valence-corrected chi connectivity index (χ0v) is 16.8. The second-order valence-corrected chi connectivity index (χ2v) is 10.0. The number of nitrogens with two attached hydrogens (primary N) is 1. The van der Waals surface area contributed by atoms with Crippen molar-refractivity contribution in [2.75, 3.05) is 32.1 Å². The summed E-state index contributed by atoms with van der Waals surface area (Å²) in [6.45, 7) is 6.23. The third-order valence-corrected chi connectivity index (χ3v) is 7.04. The fourth-order valence-corrected chi connectivity index (χ4v) is 4.66. The molecular formula is C19H28N2O5S. The molecule has 7 nitrogen and oxygen atoms in total. The molecule has 0 radical (unpaired) electrons. The molecule has 2 aliphatic heterocycles. The van der Waals surface area contributed by atoms with Crippen molar-refractivity contribution in [3.63, 3.8) is 0 Å². The summed E-state index contributed by atoms with van der Waals surface area (Å²) in [6.07, 6.45) is 1.44. The minimum absolute atomic E-state index is 0.0396. The molecule has 2 N–H and O–H groups in total. The van der Waals surface area contributed by atoms with Crippen LogP contribution in [-0.4, -0.2) is 57.3 Å². The Kier molecular flexibility index (Phi) is 5.67. The van der Waals surface area contributed by atoms with Gasteiger partial charge < -0.3 is 20.1 Å². The van der Waals surface area contributed by atoms with E-state index in [0.29, 0.717) is 37.8 Å². The number of rotatable bonds is 4. The highest BCUT2D eigenvalue weighted by molar-refractivity contribution is 7.91. The maximum atomic E-state index is 12.7. The largest absolute Gasteiger partial charge is 0.490 e. The van der Waals surface area contributed by atoms with Crippen LogP contribution in [0.4, 0.5) is 0 Å². The number of sulfone groups is 1. The van der Waals surface area contributed by atoms with Gasteiger partial charge >= 0.3 is 0 Å². The Balaban J connectivity index is 1.65. The highest BCUT2D eigenvalue weighted by Crippen LogP contribution is 2.32. The monoisotopic (exact) mass is 396 g/mol. The average Bonchev–Trinajstić information content (AvgIpc) is 2.86. The lowest BCUT2D eigenvalue weighted by atomic mass is 9.79. The summed E-state index contributed by atoms with van der Waals surface area (Å²) in [5.74, 6) is 0.614. The van der Waals surface area contributed by atoms with Gasteiger partial charge in [0.25, 0.3) is 0 Å². The number of carbonyl (C=O) groups excluding carboxylic acids is 1. The van der Waals surface area contributed by atoms with Crippen molar-refractivity contribution in [3.05, 3.63) is 18.2 Å². The molecule has 2 heterocycles. The third kappa shape index (κ3) is 4.55. The number of amides is 1. The highest BCUT2D eigenvalue weighted by atomic mass is 32.2. The molecule has 1 atom stereocenters. The van der Waals surface area contributed by atoms with Gasteiger partial charge in [-0.2, -0.15) is 0 Å². The number of benzene rings is 1. The van der Waals surface area contributed by atoms with Crippen molar-refractivity contribution < 1.29 is 22.7 Å². The van der Waals surface area contributed by atoms with Gasteiger partial charge in [0.1, 0.15) is 0 Å². The molecule has 1 aromatic carbocycles. The summed E-state index contributed by atoms with van der Waals surface area (Å²) in [5.41, 5.74) is 5.94. The quantitative estimate of drug-likeness (QED) is 0.830. The first-order valence-corrected chi connectivity index (χ1v) is 11.0. The van der Waals surface area contributed by atoms with Crippen LogP contribution in [0, 0.1) is 5.41 Å². The molecule has 150 valence electrons. The number of fused-ring (bicyclic) bond motifs is 1. The first kappa shape index (κ1) is 19.9. The van der Waals surface area contributed by atoms with Crippen molar-refractivity contribution in [1.82, 2.24) is 4.90 Å². The van der Waals surface area contributed by atoms with Crippen LogP contribution in [0.25, 0.3) is 0 Å². The first-order chi connectivity index (χ1) is 12.7. The van der Waals surface area contributed by atoms with Crippen LogP contribution in [0.5, 0.6) is 11.5 Å². The number of carbonyl (C=O) groups is 1. The summed E-state index contributed by atoms with van der Waals surface area (Å²) < 4.78 is 36.5. The molecule has 0 spiro atoms. The summed E-state index contributed by atoms with van der Waals surface area (Å²) in [5, 5.41) is 0. The number of hydrogen-bond donors (Lipinski definition) is 1. The summed E-state index contributed by atoms with van der Waals surface area (Å²) in [4.78, 5) is 14.4. The van der Waals surface area contributed by atoms with E-state index in [0.717, 1.165) is 12.8 Å². The van der Waals surface area contributed by atoms with Gasteiger partial charge in [-0.3, -0.25) is 4.79 Å². The van der Waals surface area contributed by atoms with Gasteiger partial charge in [-0.25, -0.2) is 8.42 Å². The van der Waals surface area contributed by atoms with E-state index in [1.807, 2.05) is 13.8 Å². The number of hydrogen-bond acceptors (Lipinski definition) is 6. The lowest BCUT2D eigenvalue weighted by molar-refractivity contribution is -0.134. The van der Waals surface area contributed by atoms with Gasteiger partial charge in [-0.1, -0.05) is 13.8 Å². The Morgan fingerprint density at radius 3 is 2.67 bits per heavy atom. The van der Waals surface area contributed by atoms with Gasteiger partial charge in [0.05, 0.1) is 23.9 Å². The molecule has 0 saturated carbocycles. The zero-order chi connectivity index (χ0) is 19.7. The number of nitrogens with zero attached hydrogens (tertiary/aromatic N) is 1. The molecule has 3 rings (SSSR count). The summed E-state index contributed by atoms with van der Waals surface area (Å²) in [7, 11) is -3.59. The van der Waals surface area contributed by atoms with Crippen LogP contribution in [0.1, 0.15) is 33.1 Å². The van der Waals surface area contributed by atoms with Crippen LogP contribution in [0.2, 0.25) is 0 Å². The summed E-state index contributed by atoms with van der Waals surface area (Å²) >= 11 is 0. The van der Waals surface area contributed by atoms with Gasteiger partial charge in [0.2, 0.25) is 5.91 Å². The molecule has 0 aliphatic carbocycles. The van der Waals surface area contributed by atoms with Crippen LogP contribution >= 0.6 is 0 Å². The Morgan fingerprint density at radius 1 is 1.26 bits per heavy atom. The van der Waals surface area contributed by atoms with Crippen molar-refractivity contribution in [2.45, 2.75) is 44.0 Å². The highest BCUT2D eigenvalue weighted by Gasteiger charge is 2.35. The predicted octanol–water partition coefficient (Wildman–Crippen LogP) is 1.60. The Labute approximate surface area is 160 Å². The lowest BCUT2D eigenvalue weighted by Crippen LogP contribution is -2.54. The van der Waals surface area contributed by atoms with E-state index in [9.17, 15) is 13.2 Å². The molecule has 1 saturated heterocycles. The van der Waals surface area contributed by atoms with Crippen molar-refractivity contribution in [1.29, 1.82) is 0 Å². The molecular weight excluding hydrogens is 368 g/mol. The van der Waals surface area contributed by atoms with Crippen LogP contribution in [0.3, 0.4) is 0 Å². The maximum absolute atomic E-state index is 12.7. The van der Waals surface area contributed by atoms with Gasteiger partial charge in [-0.15, -0.1) is 0 Å². The normalized spacial score (nSPS) is 22.2. The zero-order valence-electron chi connectivity index (χ0n) is 15.9. The third-order valence-electron chi connectivity index (χ3n) is 5.33. The lowest BCUT2D eigenvalue weighted by Gasteiger charge is -2.42. The molecule has 1 amide bonds. The van der Waals surface area contributed by atoms with Crippen LogP contribution < -0.4 is 15.2 Å². The average molecular weight is 397 g/mol. The van der Waals surface area contributed by atoms with Gasteiger partial charge in [0, 0.05) is 38.0 Å². The van der Waals surface area contributed by atoms with Crippen LogP contribution in [-0.2, 0) is 14.6 Å². The van der Waals surface area contributed by atoms with Crippen molar-refractivity contribution in [3.8, 4) is 11.5 Å². The van der Waals surface area contributed by atoms with E-state index < -0.39 is 9.84 Å². The van der Waals surface area contributed by atoms with E-state index in [-0.39, 0.29) is 34.4 Å². The SMILES string of the molecule is CC1(C)CN(C(=O)CCS(=O)(=O)c2ccc3c(c2)OCCCO3)CCC1N. The van der Waals surface area contributed by atoms with E-state index in [1.165, 1.54) is 12.1 Å². The molecule has 27 heavy (non-hydrogen) atoms. The van der Waals surface area contributed by atoms with Crippen LogP contribution in [0.15, 0.2) is 23.1 Å². The molecule has 1 aromatic rings. The smallest absolute Gasteiger partial charge is 0.223 e. The van der Waals surface area contributed by atoms with E-state index in [1.54, 1.807) is 11.0 Å². The first-order valence-electron chi connectivity index (χ1n) is 9.35. The standard InChI is InChI=1S/C19H28N2O5S/c1-19(2)13-21(8-6-17(19)20)18(22)7-11-27(23,24)14-4-5-15-16(12-14)26-10-3-9-25-15/h4-5,12,17H,3,6-11,13,20H2,1-2H3. The fourth-order valence-electron chi connectivity index (χ4n) is 3.42. The van der Waals surface area contributed by atoms with Crippen molar-refractivity contribution in [2.24, 2.45) is 11.1 Å².